The highest BCUT2D eigenvalue weighted by Gasteiger charge is 2.19. The summed E-state index contributed by atoms with van der Waals surface area (Å²) >= 11 is 0. The molecular formula is C25H23N3O2. The minimum absolute atomic E-state index is 0.0411. The van der Waals surface area contributed by atoms with Crippen molar-refractivity contribution in [1.82, 2.24) is 10.3 Å². The van der Waals surface area contributed by atoms with Gasteiger partial charge in [0.05, 0.1) is 6.21 Å². The zero-order valence-electron chi connectivity index (χ0n) is 16.7. The second-order valence-electron chi connectivity index (χ2n) is 7.00. The molecule has 4 aromatic rings. The summed E-state index contributed by atoms with van der Waals surface area (Å²) in [5.41, 5.74) is 4.90. The molecule has 0 radical (unpaired) electrons. The van der Waals surface area contributed by atoms with E-state index >= 15 is 0 Å². The third-order valence-electron chi connectivity index (χ3n) is 5.15. The minimum Gasteiger partial charge on any atom is -0.399 e. The molecule has 150 valence electrons. The van der Waals surface area contributed by atoms with Gasteiger partial charge >= 0.3 is 0 Å². The van der Waals surface area contributed by atoms with E-state index in [9.17, 15) is 4.79 Å². The molecule has 0 fully saturated rings. The van der Waals surface area contributed by atoms with Crippen LogP contribution in [0.3, 0.4) is 0 Å². The summed E-state index contributed by atoms with van der Waals surface area (Å²) in [6.07, 6.45) is 3.64. The standard InChI is InChI=1S/C25H23N3O2/c1-30-28-15-18-11-13-20(14-12-18)25(29)27-16-22(19-7-3-2-4-8-19)23-17-26-24-10-6-5-9-21(23)24/h2-15,17,22,26H,16H2,1H3,(H,27,29)/b28-15+. The largest absolute Gasteiger partial charge is 0.399 e. The van der Waals surface area contributed by atoms with E-state index in [2.05, 4.69) is 44.6 Å². The van der Waals surface area contributed by atoms with Crippen LogP contribution in [0, 0.1) is 0 Å². The number of oxime groups is 1. The van der Waals surface area contributed by atoms with Gasteiger partial charge in [0.15, 0.2) is 0 Å². The second-order valence-corrected chi connectivity index (χ2v) is 7.00. The predicted molar refractivity (Wildman–Crippen MR) is 120 cm³/mol. The monoisotopic (exact) mass is 397 g/mol. The van der Waals surface area contributed by atoms with E-state index in [4.69, 9.17) is 0 Å². The smallest absolute Gasteiger partial charge is 0.251 e. The molecular weight excluding hydrogens is 374 g/mol. The molecule has 0 saturated carbocycles. The highest BCUT2D eigenvalue weighted by atomic mass is 16.6. The average Bonchev–Trinajstić information content (AvgIpc) is 3.23. The number of aromatic nitrogens is 1. The molecule has 30 heavy (non-hydrogen) atoms. The van der Waals surface area contributed by atoms with Gasteiger partial charge in [-0.15, -0.1) is 0 Å². The minimum atomic E-state index is -0.106. The Morgan fingerprint density at radius 1 is 1.03 bits per heavy atom. The first-order valence-electron chi connectivity index (χ1n) is 9.82. The van der Waals surface area contributed by atoms with Gasteiger partial charge < -0.3 is 15.1 Å². The molecule has 5 heteroatoms. The van der Waals surface area contributed by atoms with Gasteiger partial charge in [-0.25, -0.2) is 0 Å². The molecule has 0 saturated heterocycles. The molecule has 2 N–H and O–H groups in total. The number of aromatic amines is 1. The molecule has 0 aliphatic heterocycles. The van der Waals surface area contributed by atoms with Crippen LogP contribution in [0.5, 0.6) is 0 Å². The summed E-state index contributed by atoms with van der Waals surface area (Å²) in [7, 11) is 1.50. The van der Waals surface area contributed by atoms with Crippen molar-refractivity contribution in [3.05, 3.63) is 107 Å². The van der Waals surface area contributed by atoms with Crippen molar-refractivity contribution < 1.29 is 9.63 Å². The molecule has 4 rings (SSSR count). The number of hydrogen-bond acceptors (Lipinski definition) is 3. The van der Waals surface area contributed by atoms with Gasteiger partial charge in [0.1, 0.15) is 7.11 Å². The fourth-order valence-electron chi connectivity index (χ4n) is 3.61. The molecule has 1 heterocycles. The Morgan fingerprint density at radius 3 is 2.53 bits per heavy atom. The van der Waals surface area contributed by atoms with Gasteiger partial charge in [-0.2, -0.15) is 0 Å². The number of hydrogen-bond donors (Lipinski definition) is 2. The van der Waals surface area contributed by atoms with Crippen LogP contribution >= 0.6 is 0 Å². The van der Waals surface area contributed by atoms with Crippen molar-refractivity contribution in [2.75, 3.05) is 13.7 Å². The van der Waals surface area contributed by atoms with Crippen LogP contribution in [-0.2, 0) is 4.84 Å². The van der Waals surface area contributed by atoms with Crippen LogP contribution in [0.15, 0.2) is 90.2 Å². The lowest BCUT2D eigenvalue weighted by Crippen LogP contribution is -2.28. The third-order valence-corrected chi connectivity index (χ3v) is 5.15. The van der Waals surface area contributed by atoms with Gasteiger partial charge in [-0.1, -0.05) is 65.8 Å². The summed E-state index contributed by atoms with van der Waals surface area (Å²) in [6, 6.07) is 25.7. The Hall–Kier alpha value is -3.86. The van der Waals surface area contributed by atoms with Crippen molar-refractivity contribution in [2.45, 2.75) is 5.92 Å². The molecule has 0 spiro atoms. The van der Waals surface area contributed by atoms with E-state index in [1.165, 1.54) is 18.1 Å². The first-order chi connectivity index (χ1) is 14.8. The van der Waals surface area contributed by atoms with Gasteiger partial charge in [0.25, 0.3) is 5.91 Å². The van der Waals surface area contributed by atoms with E-state index in [1.807, 2.05) is 48.7 Å². The third kappa shape index (κ3) is 4.25. The van der Waals surface area contributed by atoms with Crippen LogP contribution in [0.2, 0.25) is 0 Å². The summed E-state index contributed by atoms with van der Waals surface area (Å²) in [5, 5.41) is 8.01. The molecule has 1 aromatic heterocycles. The van der Waals surface area contributed by atoms with E-state index in [0.29, 0.717) is 12.1 Å². The number of nitrogens with zero attached hydrogens (tertiary/aromatic N) is 1. The van der Waals surface area contributed by atoms with Gasteiger partial charge in [-0.05, 0) is 34.9 Å². The van der Waals surface area contributed by atoms with Gasteiger partial charge in [-0.3, -0.25) is 4.79 Å². The SMILES string of the molecule is CO/N=C/c1ccc(C(=O)NCC(c2ccccc2)c2c[nH]c3ccccc23)cc1. The van der Waals surface area contributed by atoms with E-state index in [1.54, 1.807) is 18.3 Å². The maximum Gasteiger partial charge on any atom is 0.251 e. The van der Waals surface area contributed by atoms with Crippen LogP contribution in [0.4, 0.5) is 0 Å². The van der Waals surface area contributed by atoms with E-state index < -0.39 is 0 Å². The summed E-state index contributed by atoms with van der Waals surface area (Å²) in [6.45, 7) is 0.498. The lowest BCUT2D eigenvalue weighted by molar-refractivity contribution is 0.0952. The quantitative estimate of drug-likeness (QED) is 0.350. The first kappa shape index (κ1) is 19.5. The number of rotatable bonds is 7. The van der Waals surface area contributed by atoms with E-state index in [0.717, 1.165) is 16.6 Å². The fraction of sp³-hybridized carbons (Fsp3) is 0.120. The van der Waals surface area contributed by atoms with Crippen LogP contribution in [-0.4, -0.2) is 30.8 Å². The molecule has 1 unspecified atom stereocenters. The number of fused-ring (bicyclic) bond motifs is 1. The normalized spacial score (nSPS) is 12.2. The average molecular weight is 397 g/mol. The lowest BCUT2D eigenvalue weighted by atomic mass is 9.91. The summed E-state index contributed by atoms with van der Waals surface area (Å²) in [5.74, 6) is -0.0644. The van der Waals surface area contributed by atoms with Gasteiger partial charge in [0, 0.05) is 35.1 Å². The Balaban J connectivity index is 1.56. The molecule has 3 aromatic carbocycles. The molecule has 0 aliphatic carbocycles. The zero-order valence-corrected chi connectivity index (χ0v) is 16.7. The van der Waals surface area contributed by atoms with E-state index in [-0.39, 0.29) is 11.8 Å². The van der Waals surface area contributed by atoms with Crippen molar-refractivity contribution >= 4 is 23.0 Å². The summed E-state index contributed by atoms with van der Waals surface area (Å²) < 4.78 is 0. The highest BCUT2D eigenvalue weighted by molar-refractivity contribution is 5.95. The van der Waals surface area contributed by atoms with Crippen molar-refractivity contribution in [3.8, 4) is 0 Å². The van der Waals surface area contributed by atoms with Gasteiger partial charge in [0.2, 0.25) is 0 Å². The number of carbonyl (C=O) groups is 1. The first-order valence-corrected chi connectivity index (χ1v) is 9.82. The maximum absolute atomic E-state index is 12.8. The molecule has 1 atom stereocenters. The zero-order chi connectivity index (χ0) is 20.8. The Morgan fingerprint density at radius 2 is 1.77 bits per heavy atom. The van der Waals surface area contributed by atoms with Crippen LogP contribution in [0.1, 0.15) is 33.0 Å². The number of para-hydroxylation sites is 1. The Labute approximate surface area is 175 Å². The number of carbonyl (C=O) groups excluding carboxylic acids is 1. The number of nitrogens with one attached hydrogen (secondary N) is 2. The fourth-order valence-corrected chi connectivity index (χ4v) is 3.61. The molecule has 0 aliphatic rings. The lowest BCUT2D eigenvalue weighted by Gasteiger charge is -2.18. The number of benzene rings is 3. The molecule has 0 bridgehead atoms. The summed E-state index contributed by atoms with van der Waals surface area (Å²) in [4.78, 5) is 20.8. The second kappa shape index (κ2) is 9.09. The maximum atomic E-state index is 12.8. The van der Waals surface area contributed by atoms with Crippen LogP contribution < -0.4 is 5.32 Å². The topological polar surface area (TPSA) is 66.5 Å². The Kier molecular flexibility index (Phi) is 5.90. The highest BCUT2D eigenvalue weighted by Crippen LogP contribution is 2.30. The van der Waals surface area contributed by atoms with Crippen molar-refractivity contribution in [1.29, 1.82) is 0 Å². The molecule has 5 nitrogen and oxygen atoms in total. The predicted octanol–water partition coefficient (Wildman–Crippen LogP) is 4.71. The Bertz CT molecular complexity index is 1150. The van der Waals surface area contributed by atoms with Crippen LogP contribution in [0.25, 0.3) is 10.9 Å². The van der Waals surface area contributed by atoms with Crippen molar-refractivity contribution in [3.63, 3.8) is 0 Å². The number of amides is 1. The number of H-pyrrole nitrogens is 1. The molecule has 1 amide bonds. The van der Waals surface area contributed by atoms with Crippen molar-refractivity contribution in [2.24, 2.45) is 5.16 Å².